The van der Waals surface area contributed by atoms with Gasteiger partial charge in [-0.2, -0.15) is 0 Å². The molecule has 2 aromatic carbocycles. The van der Waals surface area contributed by atoms with Gasteiger partial charge in [0.25, 0.3) is 0 Å². The molecule has 0 saturated carbocycles. The topological polar surface area (TPSA) is 12.5 Å². The number of benzene rings is 2. The lowest BCUT2D eigenvalue weighted by Gasteiger charge is -2.26. The van der Waals surface area contributed by atoms with Gasteiger partial charge in [0.2, 0.25) is 0 Å². The Morgan fingerprint density at radius 3 is 2.39 bits per heavy atom. The van der Waals surface area contributed by atoms with Crippen LogP contribution in [0.25, 0.3) is 0 Å². The van der Waals surface area contributed by atoms with Crippen molar-refractivity contribution in [3.8, 4) is 12.3 Å². The highest BCUT2D eigenvalue weighted by molar-refractivity contribution is 5.22. The summed E-state index contributed by atoms with van der Waals surface area (Å²) in [5.41, 5.74) is 3.79. The van der Waals surface area contributed by atoms with Crippen LogP contribution in [-0.2, 0) is 17.8 Å². The van der Waals surface area contributed by atoms with Crippen LogP contribution in [0, 0.1) is 19.3 Å². The second-order valence-corrected chi connectivity index (χ2v) is 5.96. The molecule has 120 valence electrons. The number of likely N-dealkylation sites (N-methyl/N-ethyl adjacent to an activating group) is 1. The number of terminal acetylenes is 1. The predicted octanol–water partition coefficient (Wildman–Crippen LogP) is 3.69. The first-order valence-corrected chi connectivity index (χ1v) is 8.00. The lowest BCUT2D eigenvalue weighted by molar-refractivity contribution is 0.0646. The maximum Gasteiger partial charge on any atom is 0.0717 e. The third kappa shape index (κ3) is 5.90. The minimum Gasteiger partial charge on any atom is -0.375 e. The molecule has 2 heteroatoms. The summed E-state index contributed by atoms with van der Waals surface area (Å²) in [6, 6.07) is 19.2. The molecule has 0 aromatic heterocycles. The maximum absolute atomic E-state index is 5.93. The molecule has 1 atom stereocenters. The minimum absolute atomic E-state index is 0.275. The van der Waals surface area contributed by atoms with E-state index in [0.29, 0.717) is 19.8 Å². The number of ether oxygens (including phenoxy) is 1. The zero-order valence-electron chi connectivity index (χ0n) is 14.0. The molecule has 0 amide bonds. The van der Waals surface area contributed by atoms with Gasteiger partial charge >= 0.3 is 0 Å². The van der Waals surface area contributed by atoms with E-state index in [-0.39, 0.29) is 6.04 Å². The summed E-state index contributed by atoms with van der Waals surface area (Å²) in [6.07, 6.45) is 6.41. The molecule has 2 aromatic rings. The Labute approximate surface area is 140 Å². The molecule has 0 saturated heterocycles. The molecule has 23 heavy (non-hydrogen) atoms. The molecule has 0 N–H and O–H groups in total. The van der Waals surface area contributed by atoms with E-state index in [1.165, 1.54) is 16.7 Å². The molecule has 0 spiro atoms. The van der Waals surface area contributed by atoms with E-state index in [1.807, 2.05) is 18.2 Å². The van der Waals surface area contributed by atoms with E-state index in [2.05, 4.69) is 61.2 Å². The van der Waals surface area contributed by atoms with Gasteiger partial charge in [0, 0.05) is 6.04 Å². The van der Waals surface area contributed by atoms with Crippen molar-refractivity contribution in [2.24, 2.45) is 0 Å². The fraction of sp³-hybridized carbons (Fsp3) is 0.333. The molecule has 2 rings (SSSR count). The van der Waals surface area contributed by atoms with E-state index in [1.54, 1.807) is 0 Å². The van der Waals surface area contributed by atoms with Crippen molar-refractivity contribution >= 4 is 0 Å². The van der Waals surface area contributed by atoms with E-state index < -0.39 is 0 Å². The lowest BCUT2D eigenvalue weighted by Crippen LogP contribution is -2.37. The van der Waals surface area contributed by atoms with Crippen molar-refractivity contribution in [1.29, 1.82) is 0 Å². The number of rotatable bonds is 8. The van der Waals surface area contributed by atoms with Crippen molar-refractivity contribution in [3.05, 3.63) is 71.3 Å². The lowest BCUT2D eigenvalue weighted by atomic mass is 10.0. The first-order chi connectivity index (χ1) is 11.2. The van der Waals surface area contributed by atoms with Gasteiger partial charge in [-0.05, 0) is 31.5 Å². The largest absolute Gasteiger partial charge is 0.375 e. The highest BCUT2D eigenvalue weighted by atomic mass is 16.5. The molecular formula is C21H25NO. The number of hydrogen-bond acceptors (Lipinski definition) is 2. The van der Waals surface area contributed by atoms with E-state index in [0.717, 1.165) is 6.42 Å². The molecule has 2 nitrogen and oxygen atoms in total. The average molecular weight is 307 g/mol. The summed E-state index contributed by atoms with van der Waals surface area (Å²) < 4.78 is 5.93. The summed E-state index contributed by atoms with van der Waals surface area (Å²) in [5.74, 6) is 2.72. The molecule has 0 aliphatic rings. The Balaban J connectivity index is 1.93. The van der Waals surface area contributed by atoms with Crippen LogP contribution in [0.2, 0.25) is 0 Å². The molecule has 0 aliphatic carbocycles. The molecule has 0 fully saturated rings. The fourth-order valence-electron chi connectivity index (χ4n) is 2.50. The highest BCUT2D eigenvalue weighted by Gasteiger charge is 2.15. The van der Waals surface area contributed by atoms with Crippen LogP contribution < -0.4 is 0 Å². The van der Waals surface area contributed by atoms with Crippen LogP contribution in [0.5, 0.6) is 0 Å². The maximum atomic E-state index is 5.93. The zero-order valence-corrected chi connectivity index (χ0v) is 14.0. The van der Waals surface area contributed by atoms with Crippen LogP contribution in [-0.4, -0.2) is 31.1 Å². The van der Waals surface area contributed by atoms with E-state index in [9.17, 15) is 0 Å². The molecule has 1 unspecified atom stereocenters. The third-order valence-electron chi connectivity index (χ3n) is 3.98. The van der Waals surface area contributed by atoms with Crippen LogP contribution in [0.3, 0.4) is 0 Å². The first kappa shape index (κ1) is 17.3. The van der Waals surface area contributed by atoms with Gasteiger partial charge in [0.05, 0.1) is 19.8 Å². The highest BCUT2D eigenvalue weighted by Crippen LogP contribution is 2.11. The summed E-state index contributed by atoms with van der Waals surface area (Å²) in [6.45, 7) is 4.04. The van der Waals surface area contributed by atoms with Gasteiger partial charge in [-0.15, -0.1) is 6.42 Å². The second-order valence-electron chi connectivity index (χ2n) is 5.96. The normalized spacial score (nSPS) is 12.1. The summed E-state index contributed by atoms with van der Waals surface area (Å²) >= 11 is 0. The number of nitrogens with zero attached hydrogens (tertiary/aromatic N) is 1. The van der Waals surface area contributed by atoms with E-state index in [4.69, 9.17) is 11.2 Å². The molecular weight excluding hydrogens is 282 g/mol. The standard InChI is InChI=1S/C21H25NO/c1-4-14-22(3)21(15-19-12-10-18(2)11-13-19)17-23-16-20-8-6-5-7-9-20/h1,5-13,21H,14-17H2,2-3H3. The molecule has 0 aliphatic heterocycles. The minimum atomic E-state index is 0.275. The Morgan fingerprint density at radius 1 is 1.04 bits per heavy atom. The van der Waals surface area contributed by atoms with Crippen LogP contribution in [0.15, 0.2) is 54.6 Å². The van der Waals surface area contributed by atoms with Gasteiger partial charge in [-0.25, -0.2) is 0 Å². The fourth-order valence-corrected chi connectivity index (χ4v) is 2.50. The van der Waals surface area contributed by atoms with Crippen molar-refractivity contribution in [2.45, 2.75) is 26.0 Å². The molecule has 0 radical (unpaired) electrons. The summed E-state index contributed by atoms with van der Waals surface area (Å²) in [4.78, 5) is 2.19. The third-order valence-corrected chi connectivity index (χ3v) is 3.98. The van der Waals surface area contributed by atoms with E-state index >= 15 is 0 Å². The van der Waals surface area contributed by atoms with Crippen molar-refractivity contribution < 1.29 is 4.74 Å². The Bertz CT molecular complexity index is 613. The van der Waals surface area contributed by atoms with Gasteiger partial charge in [-0.3, -0.25) is 4.90 Å². The SMILES string of the molecule is C#CCN(C)C(COCc1ccccc1)Cc1ccc(C)cc1. The van der Waals surface area contributed by atoms with Gasteiger partial charge in [-0.1, -0.05) is 66.1 Å². The van der Waals surface area contributed by atoms with Crippen molar-refractivity contribution in [2.75, 3.05) is 20.2 Å². The quantitative estimate of drug-likeness (QED) is 0.690. The van der Waals surface area contributed by atoms with Crippen LogP contribution in [0.4, 0.5) is 0 Å². The van der Waals surface area contributed by atoms with Crippen molar-refractivity contribution in [3.63, 3.8) is 0 Å². The van der Waals surface area contributed by atoms with Gasteiger partial charge in [0.1, 0.15) is 0 Å². The summed E-state index contributed by atoms with van der Waals surface area (Å²) in [7, 11) is 2.06. The number of aryl methyl sites for hydroxylation is 1. The summed E-state index contributed by atoms with van der Waals surface area (Å²) in [5, 5.41) is 0. The number of hydrogen-bond donors (Lipinski definition) is 0. The first-order valence-electron chi connectivity index (χ1n) is 8.00. The van der Waals surface area contributed by atoms with Crippen LogP contribution in [0.1, 0.15) is 16.7 Å². The smallest absolute Gasteiger partial charge is 0.0717 e. The Hall–Kier alpha value is -2.08. The second kappa shape index (κ2) is 9.15. The van der Waals surface area contributed by atoms with Crippen molar-refractivity contribution in [1.82, 2.24) is 4.90 Å². The zero-order chi connectivity index (χ0) is 16.5. The van der Waals surface area contributed by atoms with Gasteiger partial charge in [0.15, 0.2) is 0 Å². The Morgan fingerprint density at radius 2 is 1.74 bits per heavy atom. The molecule has 0 heterocycles. The predicted molar refractivity (Wildman–Crippen MR) is 96.2 cm³/mol. The van der Waals surface area contributed by atoms with Gasteiger partial charge < -0.3 is 4.74 Å². The average Bonchev–Trinajstić information content (AvgIpc) is 2.57. The molecule has 0 bridgehead atoms. The van der Waals surface area contributed by atoms with Crippen LogP contribution >= 0.6 is 0 Å². The monoisotopic (exact) mass is 307 g/mol. The Kier molecular flexibility index (Phi) is 6.87.